The summed E-state index contributed by atoms with van der Waals surface area (Å²) in [6.45, 7) is 0.502. The molecule has 0 bridgehead atoms. The van der Waals surface area contributed by atoms with Gasteiger partial charge in [0.25, 0.3) is 0 Å². The zero-order chi connectivity index (χ0) is 23.0. The van der Waals surface area contributed by atoms with Crippen molar-refractivity contribution in [2.24, 2.45) is 0 Å². The third kappa shape index (κ3) is 5.62. The monoisotopic (exact) mass is 458 g/mol. The molecule has 1 N–H and O–H groups in total. The summed E-state index contributed by atoms with van der Waals surface area (Å²) in [5, 5.41) is 7.17. The van der Waals surface area contributed by atoms with E-state index in [0.717, 1.165) is 16.7 Å². The molecule has 0 aliphatic heterocycles. The van der Waals surface area contributed by atoms with E-state index in [-0.39, 0.29) is 23.4 Å². The first-order valence-electron chi connectivity index (χ1n) is 10.8. The third-order valence-corrected chi connectivity index (χ3v) is 6.49. The standard InChI is InChI=1S/C26H26N4O2S/c1-29(24(21-13-7-3-8-14-21)22-15-9-4-10-16-22)23(31)19-33-26-28-27-25(32)30(26)18-17-20-11-5-2-6-12-20/h2-16,24H,17-19H2,1H3,(H,27,32). The zero-order valence-corrected chi connectivity index (χ0v) is 19.2. The van der Waals surface area contributed by atoms with Gasteiger partial charge in [-0.15, -0.1) is 5.10 Å². The molecule has 7 heteroatoms. The highest BCUT2D eigenvalue weighted by molar-refractivity contribution is 7.99. The number of nitrogens with zero attached hydrogens (tertiary/aromatic N) is 3. The Morgan fingerprint density at radius 3 is 2.06 bits per heavy atom. The number of aryl methyl sites for hydroxylation is 1. The Kier molecular flexibility index (Phi) is 7.42. The van der Waals surface area contributed by atoms with E-state index in [1.807, 2.05) is 98.0 Å². The summed E-state index contributed by atoms with van der Waals surface area (Å²) in [4.78, 5) is 27.2. The first-order chi connectivity index (χ1) is 16.1. The summed E-state index contributed by atoms with van der Waals surface area (Å²) in [6.07, 6.45) is 0.714. The molecule has 4 aromatic rings. The molecule has 4 rings (SSSR count). The van der Waals surface area contributed by atoms with Gasteiger partial charge in [-0.2, -0.15) is 0 Å². The van der Waals surface area contributed by atoms with Crippen LogP contribution >= 0.6 is 11.8 Å². The number of hydrogen-bond donors (Lipinski definition) is 1. The van der Waals surface area contributed by atoms with Crippen LogP contribution in [0.25, 0.3) is 0 Å². The van der Waals surface area contributed by atoms with Gasteiger partial charge in [0, 0.05) is 13.6 Å². The smallest absolute Gasteiger partial charge is 0.334 e. The number of aromatic amines is 1. The van der Waals surface area contributed by atoms with Crippen LogP contribution in [0.15, 0.2) is 101 Å². The predicted octanol–water partition coefficient (Wildman–Crippen LogP) is 4.15. The molecule has 33 heavy (non-hydrogen) atoms. The van der Waals surface area contributed by atoms with E-state index in [4.69, 9.17) is 0 Å². The molecule has 0 spiro atoms. The van der Waals surface area contributed by atoms with Gasteiger partial charge in [-0.05, 0) is 23.1 Å². The number of hydrogen-bond acceptors (Lipinski definition) is 4. The van der Waals surface area contributed by atoms with Crippen molar-refractivity contribution in [3.8, 4) is 0 Å². The number of H-pyrrole nitrogens is 1. The molecule has 0 aliphatic rings. The number of carbonyl (C=O) groups is 1. The maximum Gasteiger partial charge on any atom is 0.343 e. The molecule has 0 saturated carbocycles. The number of aromatic nitrogens is 3. The molecule has 3 aromatic carbocycles. The lowest BCUT2D eigenvalue weighted by atomic mass is 9.97. The Hall–Kier alpha value is -3.58. The van der Waals surface area contributed by atoms with E-state index in [1.165, 1.54) is 11.8 Å². The van der Waals surface area contributed by atoms with E-state index >= 15 is 0 Å². The summed E-state index contributed by atoms with van der Waals surface area (Å²) < 4.78 is 1.59. The lowest BCUT2D eigenvalue weighted by molar-refractivity contribution is -0.128. The van der Waals surface area contributed by atoms with Gasteiger partial charge in [0.2, 0.25) is 5.91 Å². The van der Waals surface area contributed by atoms with Crippen molar-refractivity contribution >= 4 is 17.7 Å². The highest BCUT2D eigenvalue weighted by Crippen LogP contribution is 2.28. The maximum absolute atomic E-state index is 13.2. The number of benzene rings is 3. The molecule has 0 saturated heterocycles. The summed E-state index contributed by atoms with van der Waals surface area (Å²) in [5.41, 5.74) is 2.97. The zero-order valence-electron chi connectivity index (χ0n) is 18.4. The highest BCUT2D eigenvalue weighted by Gasteiger charge is 2.24. The number of nitrogens with one attached hydrogen (secondary N) is 1. The van der Waals surface area contributed by atoms with E-state index in [9.17, 15) is 9.59 Å². The number of amides is 1. The van der Waals surface area contributed by atoms with Crippen molar-refractivity contribution in [2.45, 2.75) is 24.2 Å². The van der Waals surface area contributed by atoms with Crippen LogP contribution in [0.1, 0.15) is 22.7 Å². The second kappa shape index (κ2) is 10.8. The Labute approximate surface area is 197 Å². The molecular formula is C26H26N4O2S. The molecule has 0 fully saturated rings. The van der Waals surface area contributed by atoms with Crippen LogP contribution in [-0.4, -0.2) is 38.4 Å². The van der Waals surface area contributed by atoms with E-state index in [1.54, 1.807) is 9.47 Å². The van der Waals surface area contributed by atoms with Crippen LogP contribution in [-0.2, 0) is 17.8 Å². The largest absolute Gasteiger partial charge is 0.343 e. The van der Waals surface area contributed by atoms with Crippen molar-refractivity contribution in [1.82, 2.24) is 19.7 Å². The molecule has 1 aromatic heterocycles. The Bertz CT molecular complexity index is 1180. The number of thioether (sulfide) groups is 1. The fraction of sp³-hybridized carbons (Fsp3) is 0.192. The molecule has 1 heterocycles. The predicted molar refractivity (Wildman–Crippen MR) is 131 cm³/mol. The summed E-state index contributed by atoms with van der Waals surface area (Å²) >= 11 is 1.28. The third-order valence-electron chi connectivity index (χ3n) is 5.53. The van der Waals surface area contributed by atoms with Crippen molar-refractivity contribution < 1.29 is 4.79 Å². The molecule has 1 amide bonds. The van der Waals surface area contributed by atoms with Crippen molar-refractivity contribution in [2.75, 3.05) is 12.8 Å². The van der Waals surface area contributed by atoms with Gasteiger partial charge in [0.05, 0.1) is 11.8 Å². The Morgan fingerprint density at radius 2 is 1.48 bits per heavy atom. The molecule has 168 valence electrons. The van der Waals surface area contributed by atoms with Crippen molar-refractivity contribution in [3.63, 3.8) is 0 Å². The van der Waals surface area contributed by atoms with Crippen LogP contribution < -0.4 is 5.69 Å². The van der Waals surface area contributed by atoms with Crippen LogP contribution in [0.2, 0.25) is 0 Å². The lowest BCUT2D eigenvalue weighted by Crippen LogP contribution is -2.33. The first-order valence-corrected chi connectivity index (χ1v) is 11.8. The summed E-state index contributed by atoms with van der Waals surface area (Å²) in [6, 6.07) is 29.8. The number of rotatable bonds is 9. The van der Waals surface area contributed by atoms with Gasteiger partial charge in [-0.1, -0.05) is 103 Å². The first kappa shape index (κ1) is 22.6. The quantitative estimate of drug-likeness (QED) is 0.383. The Balaban J connectivity index is 1.46. The fourth-order valence-electron chi connectivity index (χ4n) is 3.78. The highest BCUT2D eigenvalue weighted by atomic mass is 32.2. The van der Waals surface area contributed by atoms with E-state index in [2.05, 4.69) is 10.2 Å². The van der Waals surface area contributed by atoms with Crippen molar-refractivity contribution in [1.29, 1.82) is 0 Å². The van der Waals surface area contributed by atoms with E-state index in [0.29, 0.717) is 18.1 Å². The average Bonchev–Trinajstić information content (AvgIpc) is 3.22. The number of carbonyl (C=O) groups excluding carboxylic acids is 1. The summed E-state index contributed by atoms with van der Waals surface area (Å²) in [7, 11) is 1.82. The van der Waals surface area contributed by atoms with Gasteiger partial charge >= 0.3 is 5.69 Å². The Morgan fingerprint density at radius 1 is 0.939 bits per heavy atom. The van der Waals surface area contributed by atoms with Gasteiger partial charge in [-0.3, -0.25) is 9.36 Å². The normalized spacial score (nSPS) is 11.0. The fourth-order valence-corrected chi connectivity index (χ4v) is 4.68. The van der Waals surface area contributed by atoms with Crippen LogP contribution in [0.4, 0.5) is 0 Å². The maximum atomic E-state index is 13.2. The van der Waals surface area contributed by atoms with E-state index < -0.39 is 0 Å². The molecule has 0 unspecified atom stereocenters. The lowest BCUT2D eigenvalue weighted by Gasteiger charge is -2.29. The second-order valence-electron chi connectivity index (χ2n) is 7.72. The molecule has 0 radical (unpaired) electrons. The van der Waals surface area contributed by atoms with Crippen LogP contribution in [0.3, 0.4) is 0 Å². The minimum atomic E-state index is -0.263. The van der Waals surface area contributed by atoms with Gasteiger partial charge in [-0.25, -0.2) is 9.89 Å². The van der Waals surface area contributed by atoms with Crippen molar-refractivity contribution in [3.05, 3.63) is 118 Å². The second-order valence-corrected chi connectivity index (χ2v) is 8.66. The minimum Gasteiger partial charge on any atom is -0.334 e. The SMILES string of the molecule is CN(C(=O)CSc1n[nH]c(=O)n1CCc1ccccc1)C(c1ccccc1)c1ccccc1. The summed E-state index contributed by atoms with van der Waals surface area (Å²) in [5.74, 6) is 0.144. The molecule has 0 aliphatic carbocycles. The molecule has 0 atom stereocenters. The topological polar surface area (TPSA) is 71.0 Å². The molecular weight excluding hydrogens is 432 g/mol. The van der Waals surface area contributed by atoms with Gasteiger partial charge < -0.3 is 4.90 Å². The van der Waals surface area contributed by atoms with Gasteiger partial charge in [0.15, 0.2) is 5.16 Å². The average molecular weight is 459 g/mol. The van der Waals surface area contributed by atoms with Crippen LogP contribution in [0, 0.1) is 0 Å². The van der Waals surface area contributed by atoms with Gasteiger partial charge in [0.1, 0.15) is 0 Å². The minimum absolute atomic E-state index is 0.0391. The molecule has 6 nitrogen and oxygen atoms in total. The van der Waals surface area contributed by atoms with Crippen LogP contribution in [0.5, 0.6) is 0 Å².